The third-order valence-electron chi connectivity index (χ3n) is 6.25. The molecule has 0 N–H and O–H groups in total. The average molecular weight is 502 g/mol. The number of rotatable bonds is 6. The Morgan fingerprint density at radius 2 is 1.78 bits per heavy atom. The first-order chi connectivity index (χ1) is 17.5. The maximum absolute atomic E-state index is 13.1. The van der Waals surface area contributed by atoms with E-state index in [0.717, 1.165) is 11.3 Å². The van der Waals surface area contributed by atoms with E-state index in [1.54, 1.807) is 6.26 Å². The van der Waals surface area contributed by atoms with E-state index < -0.39 is 0 Å². The van der Waals surface area contributed by atoms with E-state index in [2.05, 4.69) is 10.2 Å². The first-order valence-electron chi connectivity index (χ1n) is 11.8. The smallest absolute Gasteiger partial charge is 0.254 e. The standard InChI is InChI=1S/C27H27N5O3S/c1-19-10-12-22(13-11-19)32-25(23-9-6-16-35-23)28-29-27(32)36-18-24(33)30-14-15-31(20(2)17-30)26(34)21-7-4-3-5-8-21/h3-13,16,20H,14-15,17-18H2,1-2H3. The molecule has 2 amide bonds. The lowest BCUT2D eigenvalue weighted by Crippen LogP contribution is -2.55. The SMILES string of the molecule is Cc1ccc(-n2c(SCC(=O)N3CCN(C(=O)c4ccccc4)C(C)C3)nnc2-c2ccco2)cc1. The highest BCUT2D eigenvalue weighted by molar-refractivity contribution is 7.99. The second-order valence-electron chi connectivity index (χ2n) is 8.80. The molecule has 0 spiro atoms. The Bertz CT molecular complexity index is 1340. The highest BCUT2D eigenvalue weighted by atomic mass is 32.2. The third kappa shape index (κ3) is 4.92. The van der Waals surface area contributed by atoms with Gasteiger partial charge in [0.15, 0.2) is 10.9 Å². The van der Waals surface area contributed by atoms with Gasteiger partial charge in [-0.1, -0.05) is 47.7 Å². The highest BCUT2D eigenvalue weighted by Crippen LogP contribution is 2.29. The number of aryl methyl sites for hydroxylation is 1. The Labute approximate surface area is 213 Å². The molecular formula is C27H27N5O3S. The fourth-order valence-corrected chi connectivity index (χ4v) is 5.16. The van der Waals surface area contributed by atoms with E-state index >= 15 is 0 Å². The lowest BCUT2D eigenvalue weighted by Gasteiger charge is -2.40. The number of furan rings is 1. The van der Waals surface area contributed by atoms with Crippen LogP contribution in [0.2, 0.25) is 0 Å². The van der Waals surface area contributed by atoms with Gasteiger partial charge in [-0.15, -0.1) is 10.2 Å². The van der Waals surface area contributed by atoms with Gasteiger partial charge in [-0.25, -0.2) is 0 Å². The minimum Gasteiger partial charge on any atom is -0.461 e. The van der Waals surface area contributed by atoms with Crippen LogP contribution in [-0.2, 0) is 4.79 Å². The first kappa shape index (κ1) is 23.9. The number of nitrogens with zero attached hydrogens (tertiary/aromatic N) is 5. The van der Waals surface area contributed by atoms with Gasteiger partial charge in [-0.2, -0.15) is 0 Å². The zero-order valence-electron chi connectivity index (χ0n) is 20.2. The van der Waals surface area contributed by atoms with Crippen LogP contribution < -0.4 is 0 Å². The van der Waals surface area contributed by atoms with Crippen LogP contribution in [0.1, 0.15) is 22.8 Å². The molecule has 9 heteroatoms. The molecule has 1 atom stereocenters. The summed E-state index contributed by atoms with van der Waals surface area (Å²) < 4.78 is 7.48. The van der Waals surface area contributed by atoms with E-state index in [9.17, 15) is 9.59 Å². The highest BCUT2D eigenvalue weighted by Gasteiger charge is 2.30. The summed E-state index contributed by atoms with van der Waals surface area (Å²) in [4.78, 5) is 29.7. The molecule has 2 aromatic carbocycles. The number of carbonyl (C=O) groups excluding carboxylic acids is 2. The molecule has 0 bridgehead atoms. The number of aromatic nitrogens is 3. The molecule has 5 rings (SSSR count). The van der Waals surface area contributed by atoms with Crippen molar-refractivity contribution >= 4 is 23.6 Å². The molecule has 0 radical (unpaired) electrons. The normalized spacial score (nSPS) is 15.8. The Morgan fingerprint density at radius 3 is 2.47 bits per heavy atom. The van der Waals surface area contributed by atoms with Crippen molar-refractivity contribution in [3.05, 3.63) is 84.1 Å². The van der Waals surface area contributed by atoms with E-state index in [1.165, 1.54) is 11.8 Å². The van der Waals surface area contributed by atoms with Gasteiger partial charge < -0.3 is 14.2 Å². The van der Waals surface area contributed by atoms with E-state index in [1.807, 2.05) is 94.9 Å². The molecule has 1 saturated heterocycles. The summed E-state index contributed by atoms with van der Waals surface area (Å²) in [5.41, 5.74) is 2.71. The summed E-state index contributed by atoms with van der Waals surface area (Å²) in [5, 5.41) is 9.33. The van der Waals surface area contributed by atoms with Crippen LogP contribution >= 0.6 is 11.8 Å². The second-order valence-corrected chi connectivity index (χ2v) is 9.74. The molecule has 1 fully saturated rings. The van der Waals surface area contributed by atoms with Crippen molar-refractivity contribution in [3.8, 4) is 17.3 Å². The lowest BCUT2D eigenvalue weighted by molar-refractivity contribution is -0.130. The summed E-state index contributed by atoms with van der Waals surface area (Å²) in [7, 11) is 0. The minimum atomic E-state index is -0.0674. The summed E-state index contributed by atoms with van der Waals surface area (Å²) >= 11 is 1.35. The molecule has 36 heavy (non-hydrogen) atoms. The van der Waals surface area contributed by atoms with Crippen LogP contribution in [0.15, 0.2) is 82.6 Å². The topological polar surface area (TPSA) is 84.5 Å². The molecule has 184 valence electrons. The van der Waals surface area contributed by atoms with Crippen LogP contribution in [0.3, 0.4) is 0 Å². The first-order valence-corrected chi connectivity index (χ1v) is 12.8. The summed E-state index contributed by atoms with van der Waals surface area (Å²) in [6, 6.07) is 20.9. The van der Waals surface area contributed by atoms with Crippen molar-refractivity contribution in [2.24, 2.45) is 0 Å². The molecule has 0 aliphatic carbocycles. The third-order valence-corrected chi connectivity index (χ3v) is 7.17. The molecule has 1 aliphatic rings. The number of carbonyl (C=O) groups is 2. The quantitative estimate of drug-likeness (QED) is 0.366. The Morgan fingerprint density at radius 1 is 1.00 bits per heavy atom. The van der Waals surface area contributed by atoms with Crippen molar-refractivity contribution in [2.75, 3.05) is 25.4 Å². The number of hydrogen-bond donors (Lipinski definition) is 0. The van der Waals surface area contributed by atoms with Gasteiger partial charge in [-0.3, -0.25) is 14.2 Å². The van der Waals surface area contributed by atoms with Crippen molar-refractivity contribution < 1.29 is 14.0 Å². The number of benzene rings is 2. The lowest BCUT2D eigenvalue weighted by atomic mass is 10.1. The fraction of sp³-hybridized carbons (Fsp3) is 0.259. The monoisotopic (exact) mass is 501 g/mol. The summed E-state index contributed by atoms with van der Waals surface area (Å²) in [6.45, 7) is 5.53. The molecule has 0 saturated carbocycles. The fourth-order valence-electron chi connectivity index (χ4n) is 4.31. The van der Waals surface area contributed by atoms with Gasteiger partial charge in [0.1, 0.15) is 0 Å². The van der Waals surface area contributed by atoms with Crippen LogP contribution in [0, 0.1) is 6.92 Å². The molecule has 8 nitrogen and oxygen atoms in total. The molecular weight excluding hydrogens is 474 g/mol. The maximum Gasteiger partial charge on any atom is 0.254 e. The van der Waals surface area contributed by atoms with Crippen LogP contribution in [0.4, 0.5) is 0 Å². The van der Waals surface area contributed by atoms with Crippen LogP contribution in [0.25, 0.3) is 17.3 Å². The van der Waals surface area contributed by atoms with Gasteiger partial charge >= 0.3 is 0 Å². The maximum atomic E-state index is 13.1. The predicted molar refractivity (Wildman–Crippen MR) is 138 cm³/mol. The zero-order valence-corrected chi connectivity index (χ0v) is 21.0. The van der Waals surface area contributed by atoms with Crippen LogP contribution in [0.5, 0.6) is 0 Å². The van der Waals surface area contributed by atoms with E-state index in [-0.39, 0.29) is 23.6 Å². The second kappa shape index (κ2) is 10.4. The average Bonchev–Trinajstić information content (AvgIpc) is 3.58. The van der Waals surface area contributed by atoms with Crippen molar-refractivity contribution in [3.63, 3.8) is 0 Å². The van der Waals surface area contributed by atoms with E-state index in [0.29, 0.717) is 41.9 Å². The van der Waals surface area contributed by atoms with Gasteiger partial charge in [0.05, 0.1) is 12.0 Å². The molecule has 3 heterocycles. The van der Waals surface area contributed by atoms with Gasteiger partial charge in [0, 0.05) is 36.9 Å². The van der Waals surface area contributed by atoms with Crippen molar-refractivity contribution in [1.29, 1.82) is 0 Å². The van der Waals surface area contributed by atoms with Gasteiger partial charge in [0.2, 0.25) is 11.7 Å². The summed E-state index contributed by atoms with van der Waals surface area (Å²) in [6.07, 6.45) is 1.60. The minimum absolute atomic E-state index is 0.00114. The largest absolute Gasteiger partial charge is 0.461 e. The molecule has 1 unspecified atom stereocenters. The molecule has 2 aromatic heterocycles. The van der Waals surface area contributed by atoms with Crippen molar-refractivity contribution in [2.45, 2.75) is 25.0 Å². The van der Waals surface area contributed by atoms with Crippen LogP contribution in [-0.4, -0.2) is 67.8 Å². The number of piperazine rings is 1. The van der Waals surface area contributed by atoms with Gasteiger partial charge in [0.25, 0.3) is 5.91 Å². The molecule has 1 aliphatic heterocycles. The Kier molecular flexibility index (Phi) is 6.90. The number of hydrogen-bond acceptors (Lipinski definition) is 6. The number of amides is 2. The van der Waals surface area contributed by atoms with E-state index in [4.69, 9.17) is 4.42 Å². The number of thioether (sulfide) groups is 1. The Hall–Kier alpha value is -3.85. The Balaban J connectivity index is 1.27. The van der Waals surface area contributed by atoms with Crippen molar-refractivity contribution in [1.82, 2.24) is 24.6 Å². The van der Waals surface area contributed by atoms with Gasteiger partial charge in [-0.05, 0) is 50.2 Å². The predicted octanol–water partition coefficient (Wildman–Crippen LogP) is 4.30. The molecule has 4 aromatic rings. The zero-order chi connectivity index (χ0) is 25.1. The summed E-state index contributed by atoms with van der Waals surface area (Å²) in [5.74, 6) is 1.43.